The minimum Gasteiger partial charge on any atom is -0.483 e. The van der Waals surface area contributed by atoms with Gasteiger partial charge in [-0.15, -0.1) is 0 Å². The zero-order valence-corrected chi connectivity index (χ0v) is 18.7. The summed E-state index contributed by atoms with van der Waals surface area (Å²) in [5, 5.41) is 2.87. The number of hydrogen-bond acceptors (Lipinski definition) is 3. The van der Waals surface area contributed by atoms with Gasteiger partial charge in [-0.1, -0.05) is 50.6 Å². The molecule has 1 aliphatic heterocycles. The van der Waals surface area contributed by atoms with Crippen LogP contribution in [-0.2, 0) is 10.2 Å². The quantitative estimate of drug-likeness (QED) is 0.778. The molecule has 0 aromatic heterocycles. The summed E-state index contributed by atoms with van der Waals surface area (Å²) in [5.74, 6) is -0.284. The molecule has 2 amide bonds. The molecule has 1 aliphatic rings. The molecule has 5 nitrogen and oxygen atoms in total. The highest BCUT2D eigenvalue weighted by Crippen LogP contribution is 2.32. The van der Waals surface area contributed by atoms with E-state index in [9.17, 15) is 14.0 Å². The van der Waals surface area contributed by atoms with Gasteiger partial charge in [0.1, 0.15) is 11.6 Å². The van der Waals surface area contributed by atoms with Crippen LogP contribution in [-0.4, -0.2) is 42.5 Å². The van der Waals surface area contributed by atoms with Gasteiger partial charge in [0, 0.05) is 19.1 Å². The van der Waals surface area contributed by atoms with Crippen LogP contribution in [0.2, 0.25) is 0 Å². The van der Waals surface area contributed by atoms with E-state index in [1.165, 1.54) is 12.1 Å². The van der Waals surface area contributed by atoms with E-state index in [4.69, 9.17) is 4.74 Å². The van der Waals surface area contributed by atoms with Crippen molar-refractivity contribution in [3.63, 3.8) is 0 Å². The van der Waals surface area contributed by atoms with Gasteiger partial charge in [-0.05, 0) is 48.9 Å². The fourth-order valence-corrected chi connectivity index (χ4v) is 3.77. The Morgan fingerprint density at radius 3 is 2.45 bits per heavy atom. The molecule has 2 aromatic carbocycles. The predicted octanol–water partition coefficient (Wildman–Crippen LogP) is 4.23. The van der Waals surface area contributed by atoms with Crippen molar-refractivity contribution in [3.8, 4) is 5.75 Å². The molecule has 1 N–H and O–H groups in total. The lowest BCUT2D eigenvalue weighted by Crippen LogP contribution is -2.47. The maximum absolute atomic E-state index is 13.8. The first-order valence-corrected chi connectivity index (χ1v) is 10.7. The molecule has 0 radical (unpaired) electrons. The number of ether oxygens (including phenoxy) is 1. The highest BCUT2D eigenvalue weighted by Gasteiger charge is 2.26. The minimum atomic E-state index is -0.532. The first kappa shape index (κ1) is 22.8. The van der Waals surface area contributed by atoms with Crippen molar-refractivity contribution in [1.82, 2.24) is 10.2 Å². The molecule has 0 spiro atoms. The topological polar surface area (TPSA) is 58.6 Å². The molecule has 1 heterocycles. The minimum absolute atomic E-state index is 0.0155. The number of carbonyl (C=O) groups excluding carboxylic acids is 2. The van der Waals surface area contributed by atoms with Crippen molar-refractivity contribution >= 4 is 11.8 Å². The Hall–Kier alpha value is -2.89. The fourth-order valence-electron chi connectivity index (χ4n) is 3.77. The molecule has 0 bridgehead atoms. The van der Waals surface area contributed by atoms with E-state index in [0.29, 0.717) is 25.9 Å². The molecule has 3 rings (SSSR count). The number of aryl methyl sites for hydroxylation is 1. The lowest BCUT2D eigenvalue weighted by molar-refractivity contribution is -0.134. The smallest absolute Gasteiger partial charge is 0.260 e. The Balaban J connectivity index is 1.51. The number of hydrogen-bond donors (Lipinski definition) is 1. The Morgan fingerprint density at radius 2 is 1.81 bits per heavy atom. The number of amides is 2. The average molecular weight is 427 g/mol. The summed E-state index contributed by atoms with van der Waals surface area (Å²) in [6.07, 6.45) is 1.26. The molecule has 0 atom stereocenters. The average Bonchev–Trinajstić information content (AvgIpc) is 2.72. The van der Waals surface area contributed by atoms with Crippen molar-refractivity contribution < 1.29 is 18.7 Å². The maximum Gasteiger partial charge on any atom is 0.260 e. The first-order chi connectivity index (χ1) is 14.6. The standard InChI is InChI=1S/C25H31FN2O3/c1-17-9-10-22(20(15-17)25(2,3)4)31-16-23(29)28-13-11-18(12-14-28)27-24(30)19-7-5-6-8-21(19)26/h5-10,15,18H,11-14,16H2,1-4H3,(H,27,30). The van der Waals surface area contributed by atoms with E-state index in [0.717, 1.165) is 16.9 Å². The number of nitrogens with zero attached hydrogens (tertiary/aromatic N) is 1. The third-order valence-corrected chi connectivity index (χ3v) is 5.60. The van der Waals surface area contributed by atoms with Crippen molar-refractivity contribution in [2.24, 2.45) is 0 Å². The molecule has 6 heteroatoms. The van der Waals surface area contributed by atoms with Gasteiger partial charge in [-0.2, -0.15) is 0 Å². The number of nitrogens with one attached hydrogen (secondary N) is 1. The molecule has 0 unspecified atom stereocenters. The lowest BCUT2D eigenvalue weighted by atomic mass is 9.85. The second kappa shape index (κ2) is 9.50. The highest BCUT2D eigenvalue weighted by atomic mass is 19.1. The zero-order chi connectivity index (χ0) is 22.6. The van der Waals surface area contributed by atoms with Gasteiger partial charge < -0.3 is 15.0 Å². The molecule has 166 valence electrons. The second-order valence-electron chi connectivity index (χ2n) is 9.15. The van der Waals surface area contributed by atoms with E-state index < -0.39 is 11.7 Å². The zero-order valence-electron chi connectivity index (χ0n) is 18.7. The molecular formula is C25H31FN2O3. The van der Waals surface area contributed by atoms with Crippen LogP contribution < -0.4 is 10.1 Å². The van der Waals surface area contributed by atoms with Crippen molar-refractivity contribution in [3.05, 3.63) is 65.0 Å². The maximum atomic E-state index is 13.8. The van der Waals surface area contributed by atoms with Gasteiger partial charge in [0.25, 0.3) is 11.8 Å². The third-order valence-electron chi connectivity index (χ3n) is 5.60. The molecule has 1 fully saturated rings. The summed E-state index contributed by atoms with van der Waals surface area (Å²) in [7, 11) is 0. The van der Waals surface area contributed by atoms with Crippen LogP contribution in [0.15, 0.2) is 42.5 Å². The van der Waals surface area contributed by atoms with Crippen LogP contribution in [0.5, 0.6) is 5.75 Å². The third kappa shape index (κ3) is 5.84. The number of rotatable bonds is 5. The predicted molar refractivity (Wildman–Crippen MR) is 119 cm³/mol. The van der Waals surface area contributed by atoms with Gasteiger partial charge in [0.2, 0.25) is 0 Å². The first-order valence-electron chi connectivity index (χ1n) is 10.7. The fraction of sp³-hybridized carbons (Fsp3) is 0.440. The molecular weight excluding hydrogens is 395 g/mol. The number of likely N-dealkylation sites (tertiary alicyclic amines) is 1. The van der Waals surface area contributed by atoms with E-state index in [1.807, 2.05) is 19.1 Å². The Bertz CT molecular complexity index is 944. The van der Waals surface area contributed by atoms with Crippen LogP contribution in [0.4, 0.5) is 4.39 Å². The molecule has 0 saturated carbocycles. The largest absolute Gasteiger partial charge is 0.483 e. The summed E-state index contributed by atoms with van der Waals surface area (Å²) >= 11 is 0. The van der Waals surface area contributed by atoms with Crippen molar-refractivity contribution in [2.45, 2.75) is 52.0 Å². The Morgan fingerprint density at radius 1 is 1.13 bits per heavy atom. The second-order valence-corrected chi connectivity index (χ2v) is 9.15. The van der Waals surface area contributed by atoms with Crippen LogP contribution in [0, 0.1) is 12.7 Å². The SMILES string of the molecule is Cc1ccc(OCC(=O)N2CCC(NC(=O)c3ccccc3F)CC2)c(C(C)(C)C)c1. The monoisotopic (exact) mass is 426 g/mol. The van der Waals surface area contributed by atoms with E-state index >= 15 is 0 Å². The molecule has 0 aliphatic carbocycles. The Kier molecular flexibility index (Phi) is 6.98. The van der Waals surface area contributed by atoms with Crippen LogP contribution in [0.1, 0.15) is 55.1 Å². The molecule has 1 saturated heterocycles. The summed E-state index contributed by atoms with van der Waals surface area (Å²) in [6, 6.07) is 11.9. The van der Waals surface area contributed by atoms with E-state index in [1.54, 1.807) is 17.0 Å². The highest BCUT2D eigenvalue weighted by molar-refractivity contribution is 5.94. The van der Waals surface area contributed by atoms with Gasteiger partial charge in [-0.3, -0.25) is 9.59 Å². The van der Waals surface area contributed by atoms with Gasteiger partial charge in [-0.25, -0.2) is 4.39 Å². The normalized spacial score (nSPS) is 14.9. The lowest BCUT2D eigenvalue weighted by Gasteiger charge is -2.32. The van der Waals surface area contributed by atoms with E-state index in [2.05, 4.69) is 32.2 Å². The number of carbonyl (C=O) groups is 2. The number of piperidine rings is 1. The molecule has 2 aromatic rings. The number of halogens is 1. The van der Waals surface area contributed by atoms with Crippen LogP contribution in [0.25, 0.3) is 0 Å². The van der Waals surface area contributed by atoms with Crippen molar-refractivity contribution in [2.75, 3.05) is 19.7 Å². The summed E-state index contributed by atoms with van der Waals surface area (Å²) in [6.45, 7) is 9.46. The Labute approximate surface area is 183 Å². The van der Waals surface area contributed by atoms with E-state index in [-0.39, 0.29) is 29.5 Å². The summed E-state index contributed by atoms with van der Waals surface area (Å²) in [5.41, 5.74) is 2.19. The summed E-state index contributed by atoms with van der Waals surface area (Å²) in [4.78, 5) is 26.7. The van der Waals surface area contributed by atoms with Crippen LogP contribution >= 0.6 is 0 Å². The number of benzene rings is 2. The van der Waals surface area contributed by atoms with Gasteiger partial charge >= 0.3 is 0 Å². The molecule has 31 heavy (non-hydrogen) atoms. The van der Waals surface area contributed by atoms with Crippen LogP contribution in [0.3, 0.4) is 0 Å². The van der Waals surface area contributed by atoms with Crippen molar-refractivity contribution in [1.29, 1.82) is 0 Å². The van der Waals surface area contributed by atoms with Gasteiger partial charge in [0.05, 0.1) is 5.56 Å². The van der Waals surface area contributed by atoms with Gasteiger partial charge in [0.15, 0.2) is 6.61 Å². The summed E-state index contributed by atoms with van der Waals surface area (Å²) < 4.78 is 19.7.